The van der Waals surface area contributed by atoms with Gasteiger partial charge >= 0.3 is 11.9 Å². The van der Waals surface area contributed by atoms with E-state index in [1.54, 1.807) is 24.3 Å². The molecule has 4 nitrogen and oxygen atoms in total. The Hall–Kier alpha value is -2.10. The lowest BCUT2D eigenvalue weighted by Gasteiger charge is -2.11. The molecule has 0 fully saturated rings. The van der Waals surface area contributed by atoms with Crippen molar-refractivity contribution in [3.05, 3.63) is 48.0 Å². The first-order chi connectivity index (χ1) is 7.52. The molecule has 0 radical (unpaired) electrons. The minimum atomic E-state index is -1.27. The van der Waals surface area contributed by atoms with Crippen molar-refractivity contribution in [3.8, 4) is 0 Å². The molecular weight excluding hydrogens is 208 g/mol. The van der Waals surface area contributed by atoms with Gasteiger partial charge in [-0.1, -0.05) is 36.9 Å². The Morgan fingerprint density at radius 2 is 1.75 bits per heavy atom. The molecule has 0 aromatic heterocycles. The first-order valence-electron chi connectivity index (χ1n) is 4.71. The van der Waals surface area contributed by atoms with E-state index < -0.39 is 17.9 Å². The Balaban J connectivity index is 2.85. The van der Waals surface area contributed by atoms with E-state index in [1.807, 2.05) is 6.07 Å². The van der Waals surface area contributed by atoms with Gasteiger partial charge in [-0.2, -0.15) is 0 Å². The maximum Gasteiger partial charge on any atom is 0.331 e. The SMILES string of the molecule is C=C(C(=O)O)C(Cc1ccccc1)C(=O)O. The van der Waals surface area contributed by atoms with Gasteiger partial charge in [0.05, 0.1) is 5.92 Å². The molecule has 0 aliphatic rings. The van der Waals surface area contributed by atoms with E-state index in [0.29, 0.717) is 0 Å². The van der Waals surface area contributed by atoms with E-state index in [4.69, 9.17) is 10.2 Å². The minimum absolute atomic E-state index is 0.140. The van der Waals surface area contributed by atoms with Gasteiger partial charge in [0.1, 0.15) is 0 Å². The molecule has 16 heavy (non-hydrogen) atoms. The van der Waals surface area contributed by atoms with Crippen molar-refractivity contribution in [1.82, 2.24) is 0 Å². The van der Waals surface area contributed by atoms with Gasteiger partial charge in [-0.15, -0.1) is 0 Å². The number of hydrogen-bond donors (Lipinski definition) is 2. The molecular formula is C12H12O4. The van der Waals surface area contributed by atoms with Crippen LogP contribution in [0, 0.1) is 5.92 Å². The van der Waals surface area contributed by atoms with E-state index in [-0.39, 0.29) is 12.0 Å². The molecule has 0 spiro atoms. The number of aliphatic carboxylic acids is 2. The van der Waals surface area contributed by atoms with E-state index in [0.717, 1.165) is 5.56 Å². The molecule has 1 unspecified atom stereocenters. The predicted octanol–water partition coefficient (Wildman–Crippen LogP) is 1.57. The summed E-state index contributed by atoms with van der Waals surface area (Å²) in [6.45, 7) is 3.29. The van der Waals surface area contributed by atoms with Crippen LogP contribution in [0.15, 0.2) is 42.5 Å². The molecule has 0 saturated carbocycles. The zero-order valence-corrected chi connectivity index (χ0v) is 8.59. The van der Waals surface area contributed by atoms with Crippen LogP contribution in [0.25, 0.3) is 0 Å². The highest BCUT2D eigenvalue weighted by Crippen LogP contribution is 2.16. The van der Waals surface area contributed by atoms with Crippen LogP contribution in [0.4, 0.5) is 0 Å². The number of rotatable bonds is 5. The summed E-state index contributed by atoms with van der Waals surface area (Å²) in [6, 6.07) is 8.87. The smallest absolute Gasteiger partial charge is 0.331 e. The van der Waals surface area contributed by atoms with Crippen molar-refractivity contribution in [2.24, 2.45) is 5.92 Å². The first-order valence-corrected chi connectivity index (χ1v) is 4.71. The largest absolute Gasteiger partial charge is 0.481 e. The third kappa shape index (κ3) is 2.95. The first kappa shape index (κ1) is 12.0. The molecule has 0 aliphatic heterocycles. The lowest BCUT2D eigenvalue weighted by Crippen LogP contribution is -2.22. The Kier molecular flexibility index (Phi) is 3.83. The van der Waals surface area contributed by atoms with Crippen molar-refractivity contribution in [1.29, 1.82) is 0 Å². The average molecular weight is 220 g/mol. The molecule has 1 atom stereocenters. The van der Waals surface area contributed by atoms with Crippen molar-refractivity contribution in [2.75, 3.05) is 0 Å². The number of hydrogen-bond acceptors (Lipinski definition) is 2. The van der Waals surface area contributed by atoms with Crippen molar-refractivity contribution in [2.45, 2.75) is 6.42 Å². The van der Waals surface area contributed by atoms with Crippen LogP contribution >= 0.6 is 0 Å². The summed E-state index contributed by atoms with van der Waals surface area (Å²) in [5, 5.41) is 17.6. The molecule has 4 heteroatoms. The van der Waals surface area contributed by atoms with Crippen LogP contribution in [-0.2, 0) is 16.0 Å². The Labute approximate surface area is 92.8 Å². The summed E-state index contributed by atoms with van der Waals surface area (Å²) in [5.41, 5.74) is 0.480. The van der Waals surface area contributed by atoms with Gasteiger partial charge in [0, 0.05) is 5.57 Å². The zero-order valence-electron chi connectivity index (χ0n) is 8.59. The standard InChI is InChI=1S/C12H12O4/c1-8(11(13)14)10(12(15)16)7-9-5-3-2-4-6-9/h2-6,10H,1,7H2,(H,13,14)(H,15,16). The van der Waals surface area contributed by atoms with Gasteiger partial charge in [0.25, 0.3) is 0 Å². The molecule has 1 aromatic carbocycles. The van der Waals surface area contributed by atoms with Crippen LogP contribution < -0.4 is 0 Å². The summed E-state index contributed by atoms with van der Waals surface area (Å²) in [6.07, 6.45) is 0.140. The molecule has 0 aliphatic carbocycles. The van der Waals surface area contributed by atoms with E-state index >= 15 is 0 Å². The maximum absolute atomic E-state index is 10.9. The number of carbonyl (C=O) groups is 2. The molecule has 0 saturated heterocycles. The number of benzene rings is 1. The average Bonchev–Trinajstić information content (AvgIpc) is 2.26. The minimum Gasteiger partial charge on any atom is -0.481 e. The molecule has 0 heterocycles. The molecule has 84 valence electrons. The third-order valence-electron chi connectivity index (χ3n) is 2.28. The van der Waals surface area contributed by atoms with Gasteiger partial charge < -0.3 is 10.2 Å². The van der Waals surface area contributed by atoms with E-state index in [9.17, 15) is 9.59 Å². The second-order valence-electron chi connectivity index (χ2n) is 3.41. The molecule has 0 bridgehead atoms. The van der Waals surface area contributed by atoms with Crippen molar-refractivity contribution < 1.29 is 19.8 Å². The van der Waals surface area contributed by atoms with Crippen LogP contribution in [0.5, 0.6) is 0 Å². The fourth-order valence-corrected chi connectivity index (χ4v) is 1.36. The lowest BCUT2D eigenvalue weighted by atomic mass is 9.93. The quantitative estimate of drug-likeness (QED) is 0.738. The van der Waals surface area contributed by atoms with Crippen LogP contribution in [-0.4, -0.2) is 22.2 Å². The third-order valence-corrected chi connectivity index (χ3v) is 2.28. The fourth-order valence-electron chi connectivity index (χ4n) is 1.36. The van der Waals surface area contributed by atoms with Crippen LogP contribution in [0.1, 0.15) is 5.56 Å². The van der Waals surface area contributed by atoms with Crippen LogP contribution in [0.2, 0.25) is 0 Å². The number of carboxylic acid groups (broad SMARTS) is 2. The molecule has 0 amide bonds. The van der Waals surface area contributed by atoms with Crippen molar-refractivity contribution in [3.63, 3.8) is 0 Å². The maximum atomic E-state index is 10.9. The van der Waals surface area contributed by atoms with Crippen molar-refractivity contribution >= 4 is 11.9 Å². The topological polar surface area (TPSA) is 74.6 Å². The second-order valence-corrected chi connectivity index (χ2v) is 3.41. The Morgan fingerprint density at radius 1 is 1.19 bits per heavy atom. The highest BCUT2D eigenvalue weighted by molar-refractivity contribution is 5.93. The zero-order chi connectivity index (χ0) is 12.1. The number of carboxylic acids is 2. The second kappa shape index (κ2) is 5.11. The van der Waals surface area contributed by atoms with Gasteiger partial charge in [-0.25, -0.2) is 4.79 Å². The summed E-state index contributed by atoms with van der Waals surface area (Å²) >= 11 is 0. The van der Waals surface area contributed by atoms with Gasteiger partial charge in [0.2, 0.25) is 0 Å². The molecule has 2 N–H and O–H groups in total. The lowest BCUT2D eigenvalue weighted by molar-refractivity contribution is -0.143. The van der Waals surface area contributed by atoms with Gasteiger partial charge in [-0.05, 0) is 12.0 Å². The van der Waals surface area contributed by atoms with Crippen LogP contribution in [0.3, 0.4) is 0 Å². The van der Waals surface area contributed by atoms with Gasteiger partial charge in [0.15, 0.2) is 0 Å². The predicted molar refractivity (Wildman–Crippen MR) is 58.0 cm³/mol. The summed E-state index contributed by atoms with van der Waals surface area (Å²) < 4.78 is 0. The molecule has 1 aromatic rings. The highest BCUT2D eigenvalue weighted by atomic mass is 16.4. The fraction of sp³-hybridized carbons (Fsp3) is 0.167. The molecule has 1 rings (SSSR count). The Bertz CT molecular complexity index is 408. The summed E-state index contributed by atoms with van der Waals surface area (Å²) in [5.74, 6) is -3.53. The summed E-state index contributed by atoms with van der Waals surface area (Å²) in [4.78, 5) is 21.6. The Morgan fingerprint density at radius 3 is 2.19 bits per heavy atom. The normalized spacial score (nSPS) is 11.8. The van der Waals surface area contributed by atoms with Gasteiger partial charge in [-0.3, -0.25) is 4.79 Å². The van der Waals surface area contributed by atoms with E-state index in [1.165, 1.54) is 0 Å². The summed E-state index contributed by atoms with van der Waals surface area (Å²) in [7, 11) is 0. The highest BCUT2D eigenvalue weighted by Gasteiger charge is 2.25. The van der Waals surface area contributed by atoms with E-state index in [2.05, 4.69) is 6.58 Å². The monoisotopic (exact) mass is 220 g/mol.